The van der Waals surface area contributed by atoms with E-state index >= 15 is 0 Å². The molecule has 4 heteroatoms. The third kappa shape index (κ3) is 2.34. The molecule has 1 aromatic carbocycles. The number of aryl methyl sites for hydroxylation is 2. The van der Waals surface area contributed by atoms with Crippen LogP contribution < -0.4 is 5.32 Å². The molecule has 0 aliphatic rings. The van der Waals surface area contributed by atoms with Gasteiger partial charge in [0.25, 0.3) is 5.91 Å². The van der Waals surface area contributed by atoms with Crippen molar-refractivity contribution < 1.29 is 9.21 Å². The highest BCUT2D eigenvalue weighted by atomic mass is 79.9. The standard InChI is InChI=1S/C14H14BrNO2/c1-8-9(2)18-10(3)13(8)14(17)16-12-7-5-4-6-11(12)15/h4-7H,1-3H3,(H,16,17). The number of hydrogen-bond acceptors (Lipinski definition) is 2. The average molecular weight is 308 g/mol. The van der Waals surface area contributed by atoms with Crippen molar-refractivity contribution in [3.63, 3.8) is 0 Å². The Morgan fingerprint density at radius 2 is 1.83 bits per heavy atom. The van der Waals surface area contributed by atoms with E-state index in [0.29, 0.717) is 11.3 Å². The van der Waals surface area contributed by atoms with E-state index in [1.165, 1.54) is 0 Å². The number of benzene rings is 1. The molecule has 0 aliphatic heterocycles. The third-order valence-corrected chi connectivity index (χ3v) is 3.60. The number of carbonyl (C=O) groups excluding carboxylic acids is 1. The fourth-order valence-electron chi connectivity index (χ4n) is 1.87. The van der Waals surface area contributed by atoms with Crippen LogP contribution in [-0.4, -0.2) is 5.91 Å². The number of anilines is 1. The molecule has 2 aromatic rings. The second kappa shape index (κ2) is 4.98. The van der Waals surface area contributed by atoms with Crippen LogP contribution in [0.1, 0.15) is 27.4 Å². The Bertz CT molecular complexity index is 602. The van der Waals surface area contributed by atoms with Crippen molar-refractivity contribution in [3.8, 4) is 0 Å². The molecule has 0 unspecified atom stereocenters. The van der Waals surface area contributed by atoms with E-state index in [9.17, 15) is 4.79 Å². The second-order valence-electron chi connectivity index (χ2n) is 4.15. The lowest BCUT2D eigenvalue weighted by molar-refractivity contribution is 0.102. The molecule has 1 N–H and O–H groups in total. The molecule has 94 valence electrons. The van der Waals surface area contributed by atoms with Crippen LogP contribution in [0.5, 0.6) is 0 Å². The van der Waals surface area contributed by atoms with Crippen LogP contribution in [0.3, 0.4) is 0 Å². The van der Waals surface area contributed by atoms with E-state index in [2.05, 4.69) is 21.2 Å². The summed E-state index contributed by atoms with van der Waals surface area (Å²) in [5, 5.41) is 2.88. The van der Waals surface area contributed by atoms with Gasteiger partial charge in [-0.1, -0.05) is 12.1 Å². The van der Waals surface area contributed by atoms with Crippen LogP contribution in [0.25, 0.3) is 0 Å². The van der Waals surface area contributed by atoms with E-state index in [1.54, 1.807) is 6.92 Å². The lowest BCUT2D eigenvalue weighted by Gasteiger charge is -2.07. The predicted molar refractivity (Wildman–Crippen MR) is 75.0 cm³/mol. The number of furan rings is 1. The van der Waals surface area contributed by atoms with E-state index in [-0.39, 0.29) is 5.91 Å². The van der Waals surface area contributed by atoms with Crippen molar-refractivity contribution in [2.75, 3.05) is 5.32 Å². The summed E-state index contributed by atoms with van der Waals surface area (Å²) in [6.45, 7) is 5.55. The van der Waals surface area contributed by atoms with Gasteiger partial charge in [0.1, 0.15) is 11.5 Å². The largest absolute Gasteiger partial charge is 0.466 e. The first-order valence-electron chi connectivity index (χ1n) is 5.63. The topological polar surface area (TPSA) is 42.2 Å². The molecule has 1 heterocycles. The minimum absolute atomic E-state index is 0.145. The van der Waals surface area contributed by atoms with Gasteiger partial charge in [-0.05, 0) is 48.8 Å². The molecular weight excluding hydrogens is 294 g/mol. The zero-order chi connectivity index (χ0) is 13.3. The molecule has 0 radical (unpaired) electrons. The monoisotopic (exact) mass is 307 g/mol. The van der Waals surface area contributed by atoms with Crippen molar-refractivity contribution in [3.05, 3.63) is 51.4 Å². The summed E-state index contributed by atoms with van der Waals surface area (Å²) in [5.74, 6) is 1.29. The van der Waals surface area contributed by atoms with Gasteiger partial charge in [0.15, 0.2) is 0 Å². The van der Waals surface area contributed by atoms with Crippen molar-refractivity contribution >= 4 is 27.5 Å². The summed E-state index contributed by atoms with van der Waals surface area (Å²) in [4.78, 5) is 12.2. The first kappa shape index (κ1) is 12.9. The van der Waals surface area contributed by atoms with Gasteiger partial charge in [-0.2, -0.15) is 0 Å². The fraction of sp³-hybridized carbons (Fsp3) is 0.214. The predicted octanol–water partition coefficient (Wildman–Crippen LogP) is 4.22. The van der Waals surface area contributed by atoms with Crippen molar-refractivity contribution in [1.29, 1.82) is 0 Å². The Kier molecular flexibility index (Phi) is 3.57. The maximum absolute atomic E-state index is 12.2. The maximum atomic E-state index is 12.2. The third-order valence-electron chi connectivity index (χ3n) is 2.91. The smallest absolute Gasteiger partial charge is 0.259 e. The molecule has 1 aromatic heterocycles. The van der Waals surface area contributed by atoms with Gasteiger partial charge in [0.05, 0.1) is 11.3 Å². The fourth-order valence-corrected chi connectivity index (χ4v) is 2.26. The lowest BCUT2D eigenvalue weighted by atomic mass is 10.1. The second-order valence-corrected chi connectivity index (χ2v) is 5.00. The lowest BCUT2D eigenvalue weighted by Crippen LogP contribution is -2.13. The van der Waals surface area contributed by atoms with Crippen LogP contribution >= 0.6 is 15.9 Å². The summed E-state index contributed by atoms with van der Waals surface area (Å²) in [7, 11) is 0. The SMILES string of the molecule is Cc1oc(C)c(C(=O)Nc2ccccc2Br)c1C. The first-order valence-corrected chi connectivity index (χ1v) is 6.42. The van der Waals surface area contributed by atoms with Gasteiger partial charge < -0.3 is 9.73 Å². The molecule has 0 bridgehead atoms. The van der Waals surface area contributed by atoms with Gasteiger partial charge >= 0.3 is 0 Å². The van der Waals surface area contributed by atoms with Crippen molar-refractivity contribution in [1.82, 2.24) is 0 Å². The minimum Gasteiger partial charge on any atom is -0.466 e. The number of carbonyl (C=O) groups is 1. The summed E-state index contributed by atoms with van der Waals surface area (Å²) < 4.78 is 6.32. The Balaban J connectivity index is 2.31. The number of halogens is 1. The Labute approximate surface area is 114 Å². The average Bonchev–Trinajstić information content (AvgIpc) is 2.56. The summed E-state index contributed by atoms with van der Waals surface area (Å²) in [5.41, 5.74) is 2.25. The molecule has 0 aliphatic carbocycles. The Morgan fingerprint density at radius 1 is 1.17 bits per heavy atom. The highest BCUT2D eigenvalue weighted by molar-refractivity contribution is 9.10. The number of hydrogen-bond donors (Lipinski definition) is 1. The van der Waals surface area contributed by atoms with Crippen LogP contribution in [0, 0.1) is 20.8 Å². The summed E-state index contributed by atoms with van der Waals surface area (Å²) in [6, 6.07) is 7.51. The molecule has 1 amide bonds. The minimum atomic E-state index is -0.145. The number of para-hydroxylation sites is 1. The highest BCUT2D eigenvalue weighted by Gasteiger charge is 2.18. The van der Waals surface area contributed by atoms with Gasteiger partial charge in [0.2, 0.25) is 0 Å². The molecule has 0 spiro atoms. The normalized spacial score (nSPS) is 10.4. The zero-order valence-electron chi connectivity index (χ0n) is 10.5. The zero-order valence-corrected chi connectivity index (χ0v) is 12.1. The van der Waals surface area contributed by atoms with E-state index in [0.717, 1.165) is 21.5 Å². The Morgan fingerprint density at radius 3 is 2.39 bits per heavy atom. The van der Waals surface area contributed by atoms with Crippen LogP contribution in [-0.2, 0) is 0 Å². The maximum Gasteiger partial charge on any atom is 0.259 e. The van der Waals surface area contributed by atoms with Crippen molar-refractivity contribution in [2.24, 2.45) is 0 Å². The number of nitrogens with one attached hydrogen (secondary N) is 1. The number of rotatable bonds is 2. The van der Waals surface area contributed by atoms with E-state index in [1.807, 2.05) is 38.1 Å². The molecule has 0 saturated carbocycles. The van der Waals surface area contributed by atoms with Crippen LogP contribution in [0.4, 0.5) is 5.69 Å². The van der Waals surface area contributed by atoms with E-state index < -0.39 is 0 Å². The molecule has 3 nitrogen and oxygen atoms in total. The summed E-state index contributed by atoms with van der Waals surface area (Å²) in [6.07, 6.45) is 0. The van der Waals surface area contributed by atoms with Crippen molar-refractivity contribution in [2.45, 2.75) is 20.8 Å². The highest BCUT2D eigenvalue weighted by Crippen LogP contribution is 2.25. The van der Waals surface area contributed by atoms with Gasteiger partial charge in [-0.3, -0.25) is 4.79 Å². The quantitative estimate of drug-likeness (QED) is 0.902. The number of amides is 1. The molecule has 2 rings (SSSR count). The molecule has 18 heavy (non-hydrogen) atoms. The van der Waals surface area contributed by atoms with Gasteiger partial charge in [0, 0.05) is 10.0 Å². The van der Waals surface area contributed by atoms with Crippen LogP contribution in [0.2, 0.25) is 0 Å². The Hall–Kier alpha value is -1.55. The van der Waals surface area contributed by atoms with Gasteiger partial charge in [-0.25, -0.2) is 0 Å². The first-order chi connectivity index (χ1) is 8.50. The van der Waals surface area contributed by atoms with E-state index in [4.69, 9.17) is 4.42 Å². The van der Waals surface area contributed by atoms with Gasteiger partial charge in [-0.15, -0.1) is 0 Å². The molecule has 0 fully saturated rings. The molecule has 0 atom stereocenters. The molecular formula is C14H14BrNO2. The summed E-state index contributed by atoms with van der Waals surface area (Å²) >= 11 is 3.40. The van der Waals surface area contributed by atoms with Crippen LogP contribution in [0.15, 0.2) is 33.2 Å². The molecule has 0 saturated heterocycles.